The summed E-state index contributed by atoms with van der Waals surface area (Å²) in [5, 5.41) is 7.29. The maximum absolute atomic E-state index is 12.5. The number of benzene rings is 2. The van der Waals surface area contributed by atoms with Crippen LogP contribution in [0.15, 0.2) is 52.0 Å². The van der Waals surface area contributed by atoms with Gasteiger partial charge < -0.3 is 23.9 Å². The first-order valence-corrected chi connectivity index (χ1v) is 10.6. The number of methoxy groups -OCH3 is 3. The molecule has 0 atom stereocenters. The van der Waals surface area contributed by atoms with E-state index in [1.165, 1.54) is 39.7 Å². The first kappa shape index (κ1) is 24.9. The Morgan fingerprint density at radius 1 is 1.00 bits per heavy atom. The van der Waals surface area contributed by atoms with Gasteiger partial charge in [0.1, 0.15) is 11.5 Å². The van der Waals surface area contributed by atoms with Gasteiger partial charge in [-0.25, -0.2) is 5.43 Å². The van der Waals surface area contributed by atoms with Crippen LogP contribution in [0.3, 0.4) is 0 Å². The second-order valence-corrected chi connectivity index (χ2v) is 7.56. The molecule has 0 radical (unpaired) electrons. The molecule has 178 valence electrons. The van der Waals surface area contributed by atoms with Crippen LogP contribution in [0.4, 0.5) is 0 Å². The Labute approximate surface area is 205 Å². The summed E-state index contributed by atoms with van der Waals surface area (Å²) >= 11 is 12.1. The van der Waals surface area contributed by atoms with Crippen molar-refractivity contribution in [1.29, 1.82) is 0 Å². The Kier molecular flexibility index (Phi) is 8.39. The van der Waals surface area contributed by atoms with Crippen LogP contribution in [0.5, 0.6) is 17.2 Å². The molecular weight excluding hydrogens is 485 g/mol. The van der Waals surface area contributed by atoms with Crippen molar-refractivity contribution in [2.24, 2.45) is 5.10 Å². The lowest BCUT2D eigenvalue weighted by molar-refractivity contribution is -0.120. The Morgan fingerprint density at radius 2 is 1.71 bits per heavy atom. The minimum absolute atomic E-state index is 0.231. The molecule has 1 aromatic heterocycles. The third kappa shape index (κ3) is 6.00. The highest BCUT2D eigenvalue weighted by Gasteiger charge is 2.17. The predicted molar refractivity (Wildman–Crippen MR) is 128 cm³/mol. The monoisotopic (exact) mass is 505 g/mol. The van der Waals surface area contributed by atoms with Gasteiger partial charge >= 0.3 is 0 Å². The fraction of sp³-hybridized carbons (Fsp3) is 0.174. The minimum Gasteiger partial charge on any atom is -0.493 e. The van der Waals surface area contributed by atoms with Gasteiger partial charge in [0.2, 0.25) is 5.75 Å². The van der Waals surface area contributed by atoms with Crippen molar-refractivity contribution in [2.75, 3.05) is 27.9 Å². The molecule has 0 aliphatic rings. The van der Waals surface area contributed by atoms with Crippen LogP contribution >= 0.6 is 23.2 Å². The SMILES string of the molecule is COc1cc(C(=O)NCC(=O)N/N=C\c2ccc(-c3ccc(Cl)cc3Cl)o2)cc(OC)c1OC. The van der Waals surface area contributed by atoms with Gasteiger partial charge in [-0.05, 0) is 42.5 Å². The number of hydrogen-bond donors (Lipinski definition) is 2. The molecule has 0 unspecified atom stereocenters. The fourth-order valence-corrected chi connectivity index (χ4v) is 3.44. The highest BCUT2D eigenvalue weighted by Crippen LogP contribution is 2.38. The molecular formula is C23H21Cl2N3O6. The first-order valence-electron chi connectivity index (χ1n) is 9.81. The molecule has 11 heteroatoms. The lowest BCUT2D eigenvalue weighted by atomic mass is 10.1. The maximum atomic E-state index is 12.5. The number of nitrogens with one attached hydrogen (secondary N) is 2. The number of carbonyl (C=O) groups is 2. The third-order valence-electron chi connectivity index (χ3n) is 4.54. The molecule has 3 aromatic rings. The van der Waals surface area contributed by atoms with E-state index in [-0.39, 0.29) is 12.1 Å². The number of nitrogens with zero attached hydrogens (tertiary/aromatic N) is 1. The largest absolute Gasteiger partial charge is 0.493 e. The van der Waals surface area contributed by atoms with Gasteiger partial charge in [0.15, 0.2) is 11.5 Å². The number of amides is 2. The lowest BCUT2D eigenvalue weighted by Gasteiger charge is -2.14. The summed E-state index contributed by atoms with van der Waals surface area (Å²) in [5.41, 5.74) is 3.21. The average molecular weight is 506 g/mol. The number of hydrogen-bond acceptors (Lipinski definition) is 7. The zero-order valence-electron chi connectivity index (χ0n) is 18.5. The standard InChI is InChI=1S/C23H21Cl2N3O6/c1-31-19-8-13(9-20(32-2)22(19)33-3)23(30)26-12-21(29)28-27-11-15-5-7-18(34-15)16-6-4-14(24)10-17(16)25/h4-11H,12H2,1-3H3,(H,26,30)(H,28,29)/b27-11-. The van der Waals surface area contributed by atoms with Crippen molar-refractivity contribution in [3.8, 4) is 28.6 Å². The molecule has 34 heavy (non-hydrogen) atoms. The second kappa shape index (κ2) is 11.4. The molecule has 2 N–H and O–H groups in total. The summed E-state index contributed by atoms with van der Waals surface area (Å²) in [6.07, 6.45) is 1.33. The minimum atomic E-state index is -0.537. The molecule has 1 heterocycles. The molecule has 0 saturated carbocycles. The van der Waals surface area contributed by atoms with Crippen molar-refractivity contribution in [3.05, 3.63) is 63.8 Å². The van der Waals surface area contributed by atoms with Crippen LogP contribution in [0.1, 0.15) is 16.1 Å². The summed E-state index contributed by atoms with van der Waals surface area (Å²) in [6, 6.07) is 11.4. The van der Waals surface area contributed by atoms with Crippen LogP contribution in [0, 0.1) is 0 Å². The quantitative estimate of drug-likeness (QED) is 0.333. The summed E-state index contributed by atoms with van der Waals surface area (Å²) in [7, 11) is 4.34. The van der Waals surface area contributed by atoms with E-state index in [0.29, 0.717) is 44.4 Å². The van der Waals surface area contributed by atoms with Crippen molar-refractivity contribution in [2.45, 2.75) is 0 Å². The van der Waals surface area contributed by atoms with Gasteiger partial charge in [-0.2, -0.15) is 5.10 Å². The smallest absolute Gasteiger partial charge is 0.259 e. The van der Waals surface area contributed by atoms with Crippen LogP contribution in [0.2, 0.25) is 10.0 Å². The van der Waals surface area contributed by atoms with Crippen molar-refractivity contribution in [3.63, 3.8) is 0 Å². The Bertz CT molecular complexity index is 1200. The zero-order valence-corrected chi connectivity index (χ0v) is 20.0. The molecule has 0 fully saturated rings. The number of hydrazone groups is 1. The summed E-state index contributed by atoms with van der Waals surface area (Å²) in [5.74, 6) is 0.860. The summed E-state index contributed by atoms with van der Waals surface area (Å²) in [6.45, 7) is -0.309. The van der Waals surface area contributed by atoms with E-state index >= 15 is 0 Å². The topological polar surface area (TPSA) is 111 Å². The van der Waals surface area contributed by atoms with Crippen molar-refractivity contribution in [1.82, 2.24) is 10.7 Å². The van der Waals surface area contributed by atoms with Gasteiger partial charge in [-0.1, -0.05) is 23.2 Å². The highest BCUT2D eigenvalue weighted by molar-refractivity contribution is 6.36. The Morgan fingerprint density at radius 3 is 2.32 bits per heavy atom. The molecule has 0 spiro atoms. The molecule has 0 aliphatic carbocycles. The van der Waals surface area contributed by atoms with Gasteiger partial charge in [0.05, 0.1) is 39.1 Å². The number of rotatable bonds is 9. The summed E-state index contributed by atoms with van der Waals surface area (Å²) in [4.78, 5) is 24.5. The molecule has 2 amide bonds. The molecule has 0 bridgehead atoms. The lowest BCUT2D eigenvalue weighted by Crippen LogP contribution is -2.34. The van der Waals surface area contributed by atoms with Gasteiger partial charge in [0, 0.05) is 16.1 Å². The summed E-state index contributed by atoms with van der Waals surface area (Å²) < 4.78 is 21.3. The normalized spacial score (nSPS) is 10.7. The molecule has 0 aliphatic heterocycles. The Hall–Kier alpha value is -3.69. The van der Waals surface area contributed by atoms with Crippen molar-refractivity contribution < 1.29 is 28.2 Å². The van der Waals surface area contributed by atoms with Crippen LogP contribution < -0.4 is 25.0 Å². The van der Waals surface area contributed by atoms with Crippen molar-refractivity contribution >= 4 is 41.2 Å². The average Bonchev–Trinajstić information content (AvgIpc) is 3.29. The van der Waals surface area contributed by atoms with E-state index < -0.39 is 11.8 Å². The van der Waals surface area contributed by atoms with E-state index in [0.717, 1.165) is 0 Å². The molecule has 9 nitrogen and oxygen atoms in total. The van der Waals surface area contributed by atoms with E-state index in [9.17, 15) is 9.59 Å². The molecule has 3 rings (SSSR count). The van der Waals surface area contributed by atoms with Gasteiger partial charge in [0.25, 0.3) is 11.8 Å². The maximum Gasteiger partial charge on any atom is 0.259 e. The molecule has 2 aromatic carbocycles. The molecule has 0 saturated heterocycles. The van der Waals surface area contributed by atoms with E-state index in [1.807, 2.05) is 0 Å². The van der Waals surface area contributed by atoms with Crippen LogP contribution in [0.25, 0.3) is 11.3 Å². The van der Waals surface area contributed by atoms with Crippen LogP contribution in [-0.2, 0) is 4.79 Å². The Balaban J connectivity index is 1.56. The second-order valence-electron chi connectivity index (χ2n) is 6.72. The number of ether oxygens (including phenoxy) is 3. The van der Waals surface area contributed by atoms with Gasteiger partial charge in [-0.15, -0.1) is 0 Å². The third-order valence-corrected chi connectivity index (χ3v) is 5.09. The number of halogens is 2. The predicted octanol–water partition coefficient (Wildman–Crippen LogP) is 4.16. The number of furan rings is 1. The van der Waals surface area contributed by atoms with E-state index in [4.69, 9.17) is 41.8 Å². The number of carbonyl (C=O) groups excluding carboxylic acids is 2. The van der Waals surface area contributed by atoms with Crippen LogP contribution in [-0.4, -0.2) is 45.9 Å². The van der Waals surface area contributed by atoms with Gasteiger partial charge in [-0.3, -0.25) is 9.59 Å². The van der Waals surface area contributed by atoms with E-state index in [1.54, 1.807) is 30.3 Å². The zero-order chi connectivity index (χ0) is 24.7. The van der Waals surface area contributed by atoms with E-state index in [2.05, 4.69) is 15.8 Å². The first-order chi connectivity index (χ1) is 16.4. The highest BCUT2D eigenvalue weighted by atomic mass is 35.5. The fourth-order valence-electron chi connectivity index (χ4n) is 2.94.